The van der Waals surface area contributed by atoms with E-state index in [1.165, 1.54) is 6.07 Å². The maximum atomic E-state index is 13.8. The summed E-state index contributed by atoms with van der Waals surface area (Å²) in [4.78, 5) is 30.3. The van der Waals surface area contributed by atoms with Crippen LogP contribution in [0.5, 0.6) is 0 Å². The molecular weight excluding hydrogens is 405 g/mol. The van der Waals surface area contributed by atoms with Gasteiger partial charge in [-0.05, 0) is 47.5 Å². The van der Waals surface area contributed by atoms with Crippen LogP contribution in [0.15, 0.2) is 38.9 Å². The zero-order valence-corrected chi connectivity index (χ0v) is 15.9. The van der Waals surface area contributed by atoms with Crippen molar-refractivity contribution >= 4 is 33.2 Å². The van der Waals surface area contributed by atoms with Gasteiger partial charge in [-0.3, -0.25) is 14.6 Å². The molecule has 7 heteroatoms. The predicted octanol–water partition coefficient (Wildman–Crippen LogP) is 2.97. The van der Waals surface area contributed by atoms with Crippen LogP contribution in [-0.4, -0.2) is 42.7 Å². The summed E-state index contributed by atoms with van der Waals surface area (Å²) in [5.41, 5.74) is 1.33. The molecule has 2 unspecified atom stereocenters. The van der Waals surface area contributed by atoms with E-state index in [4.69, 9.17) is 9.47 Å². The highest BCUT2D eigenvalue weighted by Gasteiger charge is 2.49. The second kappa shape index (κ2) is 6.18. The number of hydrogen-bond donors (Lipinski definition) is 0. The number of fused-ring (bicyclic) bond motifs is 1. The number of Topliss-reactive ketones (excluding diaryl/α,β-unsaturated/α-hetero) is 2. The number of halogens is 2. The van der Waals surface area contributed by atoms with E-state index in [0.29, 0.717) is 27.0 Å². The highest BCUT2D eigenvalue weighted by atomic mass is 79.9. The fraction of sp³-hybridized carbons (Fsp3) is 0.421. The van der Waals surface area contributed by atoms with Crippen molar-refractivity contribution in [2.24, 2.45) is 10.9 Å². The van der Waals surface area contributed by atoms with E-state index in [0.717, 1.165) is 0 Å². The summed E-state index contributed by atoms with van der Waals surface area (Å²) < 4.78 is 25.0. The van der Waals surface area contributed by atoms with E-state index in [2.05, 4.69) is 20.9 Å². The van der Waals surface area contributed by atoms with Crippen molar-refractivity contribution in [1.82, 2.24) is 0 Å². The van der Waals surface area contributed by atoms with Gasteiger partial charge in [-0.2, -0.15) is 0 Å². The van der Waals surface area contributed by atoms with Crippen molar-refractivity contribution in [1.29, 1.82) is 0 Å². The molecule has 3 aliphatic rings. The molecular formula is C19H17BrFNO4. The Balaban J connectivity index is 1.93. The summed E-state index contributed by atoms with van der Waals surface area (Å²) in [6, 6.07) is 4.59. The second-order valence-corrected chi connectivity index (χ2v) is 8.03. The Morgan fingerprint density at radius 2 is 1.96 bits per heavy atom. The van der Waals surface area contributed by atoms with E-state index in [1.807, 2.05) is 0 Å². The van der Waals surface area contributed by atoms with Gasteiger partial charge in [0.15, 0.2) is 11.6 Å². The zero-order chi connectivity index (χ0) is 18.6. The molecule has 4 rings (SSSR count). The number of benzene rings is 1. The summed E-state index contributed by atoms with van der Waals surface area (Å²) in [6.45, 7) is 3.84. The van der Waals surface area contributed by atoms with Crippen LogP contribution in [0.2, 0.25) is 0 Å². The topological polar surface area (TPSA) is 65.0 Å². The highest BCUT2D eigenvalue weighted by molar-refractivity contribution is 9.10. The Hall–Kier alpha value is -1.70. The number of ketones is 2. The quantitative estimate of drug-likeness (QED) is 0.698. The zero-order valence-electron chi connectivity index (χ0n) is 14.3. The summed E-state index contributed by atoms with van der Waals surface area (Å²) in [7, 11) is 0. The predicted molar refractivity (Wildman–Crippen MR) is 95.7 cm³/mol. The number of hydrogen-bond acceptors (Lipinski definition) is 5. The van der Waals surface area contributed by atoms with Crippen LogP contribution in [0, 0.1) is 11.7 Å². The van der Waals surface area contributed by atoms with Gasteiger partial charge in [-0.15, -0.1) is 0 Å². The van der Waals surface area contributed by atoms with Crippen LogP contribution in [-0.2, 0) is 19.1 Å². The Kier molecular flexibility index (Phi) is 4.21. The molecule has 0 spiro atoms. The molecule has 0 aliphatic carbocycles. The summed E-state index contributed by atoms with van der Waals surface area (Å²) in [5.74, 6) is -1.79. The van der Waals surface area contributed by atoms with Gasteiger partial charge in [0.05, 0.1) is 35.0 Å². The van der Waals surface area contributed by atoms with Gasteiger partial charge in [-0.1, -0.05) is 6.07 Å². The molecule has 3 aliphatic heterocycles. The smallest absolute Gasteiger partial charge is 0.192 e. The van der Waals surface area contributed by atoms with Crippen molar-refractivity contribution in [3.8, 4) is 0 Å². The minimum atomic E-state index is -0.990. The van der Waals surface area contributed by atoms with Crippen molar-refractivity contribution in [2.45, 2.75) is 25.4 Å². The first-order chi connectivity index (χ1) is 12.3. The summed E-state index contributed by atoms with van der Waals surface area (Å²) >= 11 is 3.20. The number of carbonyl (C=O) groups excluding carboxylic acids is 2. The third kappa shape index (κ3) is 2.69. The van der Waals surface area contributed by atoms with E-state index < -0.39 is 23.3 Å². The standard InChI is InChI=1S/C19H17BrFNO4/c1-19(2)18(24)17-13(7-26-19)22-12-6-25-8-14(23)16(12)15(17)9-3-4-11(21)10(20)5-9/h3-5,15-16H,6-8H2,1-2H3. The minimum Gasteiger partial charge on any atom is -0.368 e. The normalized spacial score (nSPS) is 27.8. The molecule has 0 bridgehead atoms. The number of aliphatic imine (C=N–C) groups is 1. The Labute approximate surface area is 158 Å². The molecule has 3 heterocycles. The molecule has 0 radical (unpaired) electrons. The monoisotopic (exact) mass is 421 g/mol. The van der Waals surface area contributed by atoms with Crippen molar-refractivity contribution in [3.63, 3.8) is 0 Å². The maximum Gasteiger partial charge on any atom is 0.192 e. The molecule has 1 aromatic carbocycles. The lowest BCUT2D eigenvalue weighted by molar-refractivity contribution is -0.138. The first kappa shape index (κ1) is 17.7. The van der Waals surface area contributed by atoms with Gasteiger partial charge in [0, 0.05) is 11.5 Å². The molecule has 0 N–H and O–H groups in total. The molecule has 0 aromatic heterocycles. The lowest BCUT2D eigenvalue weighted by Gasteiger charge is -2.41. The summed E-state index contributed by atoms with van der Waals surface area (Å²) in [5, 5.41) is 0. The van der Waals surface area contributed by atoms with E-state index in [-0.39, 0.29) is 31.4 Å². The molecule has 0 saturated carbocycles. The third-order valence-corrected chi connectivity index (χ3v) is 5.71. The second-order valence-electron chi connectivity index (χ2n) is 7.18. The van der Waals surface area contributed by atoms with Crippen LogP contribution in [0.25, 0.3) is 0 Å². The average Bonchev–Trinajstić information content (AvgIpc) is 2.60. The molecule has 1 saturated heterocycles. The van der Waals surface area contributed by atoms with Crippen molar-refractivity contribution < 1.29 is 23.5 Å². The minimum absolute atomic E-state index is 0.0146. The third-order valence-electron chi connectivity index (χ3n) is 5.10. The van der Waals surface area contributed by atoms with Gasteiger partial charge in [0.1, 0.15) is 18.0 Å². The first-order valence-electron chi connectivity index (χ1n) is 8.34. The van der Waals surface area contributed by atoms with Crippen molar-refractivity contribution in [3.05, 3.63) is 45.3 Å². The van der Waals surface area contributed by atoms with Gasteiger partial charge in [-0.25, -0.2) is 4.39 Å². The fourth-order valence-corrected chi connectivity index (χ4v) is 4.16. The van der Waals surface area contributed by atoms with Gasteiger partial charge in [0.25, 0.3) is 0 Å². The Morgan fingerprint density at radius 3 is 2.69 bits per heavy atom. The SMILES string of the molecule is CC1(C)OCC2=C(C1=O)C(c1ccc(F)c(Br)c1)C1C(=O)COCC1=N2. The number of ether oxygens (including phenoxy) is 2. The van der Waals surface area contributed by atoms with Crippen molar-refractivity contribution in [2.75, 3.05) is 19.8 Å². The van der Waals surface area contributed by atoms with E-state index >= 15 is 0 Å². The van der Waals surface area contributed by atoms with Gasteiger partial charge < -0.3 is 9.47 Å². The molecule has 26 heavy (non-hydrogen) atoms. The van der Waals surface area contributed by atoms with Gasteiger partial charge >= 0.3 is 0 Å². The van der Waals surface area contributed by atoms with Crippen LogP contribution in [0.1, 0.15) is 25.3 Å². The largest absolute Gasteiger partial charge is 0.368 e. The van der Waals surface area contributed by atoms with Crippen LogP contribution < -0.4 is 0 Å². The molecule has 5 nitrogen and oxygen atoms in total. The van der Waals surface area contributed by atoms with E-state index in [9.17, 15) is 14.0 Å². The highest BCUT2D eigenvalue weighted by Crippen LogP contribution is 2.45. The maximum absolute atomic E-state index is 13.8. The van der Waals surface area contributed by atoms with Crippen LogP contribution in [0.3, 0.4) is 0 Å². The average molecular weight is 422 g/mol. The molecule has 1 fully saturated rings. The number of carbonyl (C=O) groups is 2. The van der Waals surface area contributed by atoms with Gasteiger partial charge in [0.2, 0.25) is 0 Å². The molecule has 136 valence electrons. The first-order valence-corrected chi connectivity index (χ1v) is 9.13. The fourth-order valence-electron chi connectivity index (χ4n) is 3.77. The molecule has 2 atom stereocenters. The lowest BCUT2D eigenvalue weighted by atomic mass is 9.69. The van der Waals surface area contributed by atoms with Crippen LogP contribution in [0.4, 0.5) is 4.39 Å². The Bertz CT molecular complexity index is 890. The number of nitrogens with zero attached hydrogens (tertiary/aromatic N) is 1. The lowest BCUT2D eigenvalue weighted by Crippen LogP contribution is -2.49. The van der Waals surface area contributed by atoms with Crippen LogP contribution >= 0.6 is 15.9 Å². The molecule has 0 amide bonds. The molecule has 1 aromatic rings. The Morgan fingerprint density at radius 1 is 1.19 bits per heavy atom. The number of rotatable bonds is 1. The van der Waals surface area contributed by atoms with E-state index in [1.54, 1.807) is 26.0 Å². The summed E-state index contributed by atoms with van der Waals surface area (Å²) in [6.07, 6.45) is 0.